The SMILES string of the molecule is CC1(C)Cc2ccc(N3c4cc5c(cc4B4c6ccccc6N(c6ccccc6)c6cc(N7c8ccccc8C8(C)CCCCC78C)cc3c64)CC(C)(C)C5)cc2C1. The van der Waals surface area contributed by atoms with E-state index in [1.807, 2.05) is 0 Å². The van der Waals surface area contributed by atoms with Gasteiger partial charge in [-0.3, -0.25) is 0 Å². The zero-order valence-electron chi connectivity index (χ0n) is 35.1. The molecule has 58 heavy (non-hydrogen) atoms. The van der Waals surface area contributed by atoms with Crippen molar-refractivity contribution in [2.45, 2.75) is 104 Å². The minimum atomic E-state index is -0.0532. The molecule has 0 radical (unpaired) electrons. The molecule has 6 aromatic rings. The molecule has 288 valence electrons. The van der Waals surface area contributed by atoms with E-state index < -0.39 is 0 Å². The predicted octanol–water partition coefficient (Wildman–Crippen LogP) is 11.8. The summed E-state index contributed by atoms with van der Waals surface area (Å²) in [5.41, 5.74) is 22.8. The van der Waals surface area contributed by atoms with Crippen molar-refractivity contribution in [2.75, 3.05) is 14.7 Å². The predicted molar refractivity (Wildman–Crippen MR) is 246 cm³/mol. The number of fused-ring (bicyclic) bond motifs is 9. The Hall–Kier alpha value is -5.22. The number of hydrogen-bond acceptors (Lipinski definition) is 3. The summed E-state index contributed by atoms with van der Waals surface area (Å²) in [6, 6.07) is 47.7. The van der Waals surface area contributed by atoms with Crippen LogP contribution in [0.25, 0.3) is 0 Å². The zero-order chi connectivity index (χ0) is 39.3. The van der Waals surface area contributed by atoms with Crippen molar-refractivity contribution in [2.24, 2.45) is 10.8 Å². The van der Waals surface area contributed by atoms with Gasteiger partial charge in [-0.25, -0.2) is 0 Å². The number of nitrogens with zero attached hydrogens (tertiary/aromatic N) is 3. The van der Waals surface area contributed by atoms with Crippen molar-refractivity contribution >= 4 is 68.6 Å². The molecule has 0 bridgehead atoms. The van der Waals surface area contributed by atoms with Crippen LogP contribution in [0, 0.1) is 10.8 Å². The molecule has 3 aliphatic carbocycles. The van der Waals surface area contributed by atoms with Gasteiger partial charge in [0.15, 0.2) is 0 Å². The van der Waals surface area contributed by atoms with Gasteiger partial charge >= 0.3 is 0 Å². The van der Waals surface area contributed by atoms with Gasteiger partial charge in [0.2, 0.25) is 0 Å². The Morgan fingerprint density at radius 1 is 0.448 bits per heavy atom. The number of para-hydroxylation sites is 3. The standard InChI is InChI=1S/C54H54BN3/c1-51(2)31-35-22-23-40(26-36(35)32-51)57-47-28-38-34-52(3,4)33-37(38)27-44(47)55-43-19-11-13-21-46(43)56(39-16-8-7-9-17-39)48-29-41(30-49(57)50(48)55)58-45-20-12-10-18-42(45)53(5)24-14-15-25-54(53,58)6/h7-13,16-23,26-30H,14-15,24-25,31-34H2,1-6H3. The minimum absolute atomic E-state index is 0.0532. The molecular formula is C54H54BN3. The van der Waals surface area contributed by atoms with E-state index in [9.17, 15) is 0 Å². The average molecular weight is 756 g/mol. The molecule has 0 amide bonds. The zero-order valence-corrected chi connectivity index (χ0v) is 35.1. The Morgan fingerprint density at radius 3 is 1.81 bits per heavy atom. The third-order valence-electron chi connectivity index (χ3n) is 15.7. The second-order valence-corrected chi connectivity index (χ2v) is 20.7. The quantitative estimate of drug-likeness (QED) is 0.166. The fourth-order valence-corrected chi connectivity index (χ4v) is 13.0. The monoisotopic (exact) mass is 755 g/mol. The van der Waals surface area contributed by atoms with Crippen molar-refractivity contribution < 1.29 is 0 Å². The highest BCUT2D eigenvalue weighted by Crippen LogP contribution is 2.61. The Morgan fingerprint density at radius 2 is 1.05 bits per heavy atom. The van der Waals surface area contributed by atoms with Crippen LogP contribution in [0.2, 0.25) is 0 Å². The Balaban J connectivity index is 1.19. The van der Waals surface area contributed by atoms with Crippen molar-refractivity contribution in [3.05, 3.63) is 149 Å². The highest BCUT2D eigenvalue weighted by molar-refractivity contribution is 7.00. The number of rotatable bonds is 3. The van der Waals surface area contributed by atoms with Crippen LogP contribution in [0.5, 0.6) is 0 Å². The maximum absolute atomic E-state index is 2.79. The van der Waals surface area contributed by atoms with E-state index in [0.29, 0.717) is 0 Å². The van der Waals surface area contributed by atoms with E-state index in [2.05, 4.69) is 178 Å². The van der Waals surface area contributed by atoms with Crippen LogP contribution < -0.4 is 31.1 Å². The van der Waals surface area contributed by atoms with E-state index in [1.54, 1.807) is 0 Å². The summed E-state index contributed by atoms with van der Waals surface area (Å²) in [7, 11) is 0. The summed E-state index contributed by atoms with van der Waals surface area (Å²) in [6.07, 6.45) is 9.43. The summed E-state index contributed by atoms with van der Waals surface area (Å²) in [5.74, 6) is 0. The largest absolute Gasteiger partial charge is 0.334 e. The molecule has 1 saturated carbocycles. The molecule has 3 aliphatic heterocycles. The molecule has 0 saturated heterocycles. The summed E-state index contributed by atoms with van der Waals surface area (Å²) >= 11 is 0. The number of anilines is 8. The third-order valence-corrected chi connectivity index (χ3v) is 15.7. The molecule has 2 atom stereocenters. The van der Waals surface area contributed by atoms with Crippen molar-refractivity contribution in [1.82, 2.24) is 0 Å². The van der Waals surface area contributed by atoms with E-state index in [0.717, 1.165) is 25.7 Å². The summed E-state index contributed by atoms with van der Waals surface area (Å²) in [4.78, 5) is 8.08. The van der Waals surface area contributed by atoms with Gasteiger partial charge in [0.1, 0.15) is 0 Å². The van der Waals surface area contributed by atoms with Crippen LogP contribution in [0.3, 0.4) is 0 Å². The number of benzene rings is 6. The van der Waals surface area contributed by atoms with Gasteiger partial charge in [0.05, 0.1) is 5.54 Å². The summed E-state index contributed by atoms with van der Waals surface area (Å²) < 4.78 is 0. The first-order valence-corrected chi connectivity index (χ1v) is 22.0. The fourth-order valence-electron chi connectivity index (χ4n) is 13.0. The molecule has 0 spiro atoms. The lowest BCUT2D eigenvalue weighted by Crippen LogP contribution is -2.61. The normalized spacial score (nSPS) is 23.8. The van der Waals surface area contributed by atoms with Crippen LogP contribution in [0.1, 0.15) is 95.0 Å². The van der Waals surface area contributed by atoms with Crippen LogP contribution >= 0.6 is 0 Å². The molecule has 3 heterocycles. The Bertz CT molecular complexity index is 2710. The lowest BCUT2D eigenvalue weighted by molar-refractivity contribution is 0.195. The van der Waals surface area contributed by atoms with Gasteiger partial charge < -0.3 is 14.7 Å². The fraction of sp³-hybridized carbons (Fsp3) is 0.333. The maximum atomic E-state index is 2.79. The van der Waals surface area contributed by atoms with Crippen LogP contribution in [-0.2, 0) is 31.1 Å². The molecule has 12 rings (SSSR count). The van der Waals surface area contributed by atoms with E-state index >= 15 is 0 Å². The number of hydrogen-bond donors (Lipinski definition) is 0. The molecule has 1 fully saturated rings. The topological polar surface area (TPSA) is 9.72 Å². The summed E-state index contributed by atoms with van der Waals surface area (Å²) in [6.45, 7) is 15.0. The van der Waals surface area contributed by atoms with Crippen molar-refractivity contribution in [3.63, 3.8) is 0 Å². The van der Waals surface area contributed by atoms with E-state index in [4.69, 9.17) is 0 Å². The molecule has 3 nitrogen and oxygen atoms in total. The maximum Gasteiger partial charge on any atom is 0.252 e. The summed E-state index contributed by atoms with van der Waals surface area (Å²) in [5, 5.41) is 0. The molecule has 0 aromatic heterocycles. The van der Waals surface area contributed by atoms with Gasteiger partial charge in [-0.15, -0.1) is 0 Å². The van der Waals surface area contributed by atoms with E-state index in [-0.39, 0.29) is 28.5 Å². The van der Waals surface area contributed by atoms with Gasteiger partial charge in [0.25, 0.3) is 6.71 Å². The smallest absolute Gasteiger partial charge is 0.252 e. The highest BCUT2D eigenvalue weighted by Gasteiger charge is 2.58. The average Bonchev–Trinajstić information content (AvgIpc) is 3.77. The molecule has 0 N–H and O–H groups in total. The van der Waals surface area contributed by atoms with Crippen molar-refractivity contribution in [1.29, 1.82) is 0 Å². The molecule has 2 unspecified atom stereocenters. The Labute approximate surface area is 345 Å². The van der Waals surface area contributed by atoms with Crippen LogP contribution in [0.4, 0.5) is 45.5 Å². The molecule has 6 aromatic carbocycles. The first-order valence-electron chi connectivity index (χ1n) is 22.0. The molecule has 6 aliphatic rings. The van der Waals surface area contributed by atoms with Crippen LogP contribution in [0.15, 0.2) is 121 Å². The van der Waals surface area contributed by atoms with Gasteiger partial charge in [-0.2, -0.15) is 0 Å². The highest BCUT2D eigenvalue weighted by atomic mass is 15.3. The first kappa shape index (κ1) is 34.8. The molecular weight excluding hydrogens is 701 g/mol. The second-order valence-electron chi connectivity index (χ2n) is 20.7. The van der Waals surface area contributed by atoms with Gasteiger partial charge in [-0.1, -0.05) is 114 Å². The molecule has 4 heteroatoms. The second kappa shape index (κ2) is 11.7. The van der Waals surface area contributed by atoms with E-state index in [1.165, 1.54) is 115 Å². The first-order chi connectivity index (χ1) is 27.9. The lowest BCUT2D eigenvalue weighted by atomic mass is 9.33. The van der Waals surface area contributed by atoms with Gasteiger partial charge in [0, 0.05) is 50.9 Å². The lowest BCUT2D eigenvalue weighted by Gasteiger charge is -2.51. The minimum Gasteiger partial charge on any atom is -0.334 e. The van der Waals surface area contributed by atoms with Crippen LogP contribution in [-0.4, -0.2) is 12.3 Å². The third kappa shape index (κ3) is 4.69. The Kier molecular flexibility index (Phi) is 7.03. The van der Waals surface area contributed by atoms with Crippen molar-refractivity contribution in [3.8, 4) is 0 Å². The van der Waals surface area contributed by atoms with Gasteiger partial charge in [-0.05, 0) is 155 Å².